The summed E-state index contributed by atoms with van der Waals surface area (Å²) in [5.74, 6) is -0.00981. The summed E-state index contributed by atoms with van der Waals surface area (Å²) in [6.45, 7) is 3.10. The molecule has 1 aromatic heterocycles. The van der Waals surface area contributed by atoms with E-state index in [1.807, 2.05) is 0 Å². The first-order valence-electron chi connectivity index (χ1n) is 5.32. The van der Waals surface area contributed by atoms with E-state index in [4.69, 9.17) is 11.6 Å². The minimum absolute atomic E-state index is 0.00981. The summed E-state index contributed by atoms with van der Waals surface area (Å²) in [6, 6.07) is 4.32. The first-order chi connectivity index (χ1) is 7.56. The number of likely N-dealkylation sites (tertiary alicyclic amines) is 1. The Kier molecular flexibility index (Phi) is 3.52. The highest BCUT2D eigenvalue weighted by Crippen LogP contribution is 2.22. The first kappa shape index (κ1) is 11.9. The van der Waals surface area contributed by atoms with Gasteiger partial charge >= 0.3 is 0 Å². The fourth-order valence-corrected chi connectivity index (χ4v) is 2.94. The molecule has 0 bridgehead atoms. The number of rotatable bonds is 2. The minimum Gasteiger partial charge on any atom is -0.347 e. The molecule has 3 nitrogen and oxygen atoms in total. The average Bonchev–Trinajstić information content (AvgIpc) is 2.75. The van der Waals surface area contributed by atoms with Gasteiger partial charge in [-0.2, -0.15) is 0 Å². The van der Waals surface area contributed by atoms with Crippen LogP contribution >= 0.6 is 22.9 Å². The summed E-state index contributed by atoms with van der Waals surface area (Å²) in [7, 11) is 2.08. The first-order valence-corrected chi connectivity index (χ1v) is 6.52. The summed E-state index contributed by atoms with van der Waals surface area (Å²) in [6.07, 6.45) is 1.02. The van der Waals surface area contributed by atoms with Gasteiger partial charge in [-0.3, -0.25) is 4.79 Å². The van der Waals surface area contributed by atoms with Crippen LogP contribution in [0.25, 0.3) is 0 Å². The number of thiophene rings is 1. The zero-order valence-electron chi connectivity index (χ0n) is 9.37. The smallest absolute Gasteiger partial charge is 0.261 e. The van der Waals surface area contributed by atoms with Crippen LogP contribution in [0.15, 0.2) is 12.1 Å². The van der Waals surface area contributed by atoms with Gasteiger partial charge in [0.2, 0.25) is 0 Å². The van der Waals surface area contributed by atoms with Crippen LogP contribution in [0.1, 0.15) is 23.0 Å². The van der Waals surface area contributed by atoms with Gasteiger partial charge in [0.15, 0.2) is 0 Å². The van der Waals surface area contributed by atoms with Gasteiger partial charge in [-0.15, -0.1) is 11.3 Å². The van der Waals surface area contributed by atoms with E-state index in [1.165, 1.54) is 11.3 Å². The van der Waals surface area contributed by atoms with Crippen molar-refractivity contribution in [2.45, 2.75) is 25.4 Å². The van der Waals surface area contributed by atoms with Crippen LogP contribution < -0.4 is 5.32 Å². The third kappa shape index (κ3) is 2.56. The molecule has 0 spiro atoms. The molecule has 2 unspecified atom stereocenters. The molecule has 1 saturated heterocycles. The van der Waals surface area contributed by atoms with E-state index in [0.29, 0.717) is 15.3 Å². The SMILES string of the molecule is CC1CC(NC(=O)c2ccc(Cl)s2)CN1C. The Morgan fingerprint density at radius 1 is 1.62 bits per heavy atom. The molecule has 1 amide bonds. The molecule has 1 N–H and O–H groups in total. The molecule has 16 heavy (non-hydrogen) atoms. The lowest BCUT2D eigenvalue weighted by Gasteiger charge is -2.12. The fourth-order valence-electron chi connectivity index (χ4n) is 1.99. The van der Waals surface area contributed by atoms with Gasteiger partial charge in [-0.25, -0.2) is 0 Å². The van der Waals surface area contributed by atoms with Crippen molar-refractivity contribution in [1.29, 1.82) is 0 Å². The van der Waals surface area contributed by atoms with Crippen LogP contribution in [0.4, 0.5) is 0 Å². The molecular formula is C11H15ClN2OS. The zero-order chi connectivity index (χ0) is 11.7. The maximum absolute atomic E-state index is 11.8. The number of hydrogen-bond acceptors (Lipinski definition) is 3. The summed E-state index contributed by atoms with van der Waals surface area (Å²) >= 11 is 7.12. The Bertz CT molecular complexity index is 383. The number of nitrogens with zero attached hydrogens (tertiary/aromatic N) is 1. The van der Waals surface area contributed by atoms with Gasteiger partial charge < -0.3 is 10.2 Å². The summed E-state index contributed by atoms with van der Waals surface area (Å²) in [4.78, 5) is 14.8. The zero-order valence-corrected chi connectivity index (χ0v) is 10.9. The number of likely N-dealkylation sites (N-methyl/N-ethyl adjacent to an activating group) is 1. The third-order valence-corrected chi connectivity index (χ3v) is 4.25. The lowest BCUT2D eigenvalue weighted by molar-refractivity contribution is 0.0942. The normalized spacial score (nSPS) is 25.9. The van der Waals surface area contributed by atoms with Crippen molar-refractivity contribution in [1.82, 2.24) is 10.2 Å². The summed E-state index contributed by atoms with van der Waals surface area (Å²) in [5, 5.41) is 3.04. The van der Waals surface area contributed by atoms with Crippen LogP contribution in [0.2, 0.25) is 4.34 Å². The van der Waals surface area contributed by atoms with Crippen LogP contribution in [0.5, 0.6) is 0 Å². The highest BCUT2D eigenvalue weighted by molar-refractivity contribution is 7.17. The molecule has 1 aliphatic heterocycles. The van der Waals surface area contributed by atoms with E-state index in [1.54, 1.807) is 12.1 Å². The number of carbonyl (C=O) groups excluding carboxylic acids is 1. The van der Waals surface area contributed by atoms with Crippen LogP contribution in [-0.4, -0.2) is 36.5 Å². The van der Waals surface area contributed by atoms with Gasteiger partial charge in [0, 0.05) is 18.6 Å². The minimum atomic E-state index is -0.00981. The Labute approximate surface area is 104 Å². The van der Waals surface area contributed by atoms with Gasteiger partial charge in [-0.1, -0.05) is 11.6 Å². The van der Waals surface area contributed by atoms with Crippen molar-refractivity contribution in [2.24, 2.45) is 0 Å². The van der Waals surface area contributed by atoms with E-state index >= 15 is 0 Å². The predicted molar refractivity (Wildman–Crippen MR) is 67.3 cm³/mol. The molecule has 0 aliphatic carbocycles. The van der Waals surface area contributed by atoms with Crippen molar-refractivity contribution >= 4 is 28.8 Å². The van der Waals surface area contributed by atoms with Gasteiger partial charge in [0.1, 0.15) is 0 Å². The predicted octanol–water partition coefficient (Wildman–Crippen LogP) is 2.22. The number of carbonyl (C=O) groups is 1. The molecule has 5 heteroatoms. The second-order valence-electron chi connectivity index (χ2n) is 4.30. The van der Waals surface area contributed by atoms with Crippen LogP contribution in [0.3, 0.4) is 0 Å². The van der Waals surface area contributed by atoms with Crippen LogP contribution in [0, 0.1) is 0 Å². The monoisotopic (exact) mass is 258 g/mol. The van der Waals surface area contributed by atoms with E-state index in [0.717, 1.165) is 13.0 Å². The van der Waals surface area contributed by atoms with Crippen molar-refractivity contribution in [3.05, 3.63) is 21.3 Å². The Balaban J connectivity index is 1.93. The molecule has 2 heterocycles. The van der Waals surface area contributed by atoms with Gasteiger partial charge in [0.05, 0.1) is 9.21 Å². The summed E-state index contributed by atoms with van der Waals surface area (Å²) < 4.78 is 0.655. The average molecular weight is 259 g/mol. The van der Waals surface area contributed by atoms with E-state index < -0.39 is 0 Å². The van der Waals surface area contributed by atoms with E-state index in [-0.39, 0.29) is 11.9 Å². The molecule has 2 atom stereocenters. The van der Waals surface area contributed by atoms with Gasteiger partial charge in [-0.05, 0) is 32.5 Å². The Hall–Kier alpha value is -0.580. The topological polar surface area (TPSA) is 32.3 Å². The molecular weight excluding hydrogens is 244 g/mol. The van der Waals surface area contributed by atoms with Crippen LogP contribution in [-0.2, 0) is 0 Å². The molecule has 2 rings (SSSR count). The molecule has 0 aromatic carbocycles. The highest BCUT2D eigenvalue weighted by Gasteiger charge is 2.27. The quantitative estimate of drug-likeness (QED) is 0.882. The summed E-state index contributed by atoms with van der Waals surface area (Å²) in [5.41, 5.74) is 0. The lowest BCUT2D eigenvalue weighted by atomic mass is 10.2. The largest absolute Gasteiger partial charge is 0.347 e. The molecule has 1 aliphatic rings. The third-order valence-electron chi connectivity index (χ3n) is 3.02. The number of halogens is 1. The highest BCUT2D eigenvalue weighted by atomic mass is 35.5. The Morgan fingerprint density at radius 2 is 2.38 bits per heavy atom. The molecule has 0 saturated carbocycles. The number of amides is 1. The van der Waals surface area contributed by atoms with Gasteiger partial charge in [0.25, 0.3) is 5.91 Å². The second-order valence-corrected chi connectivity index (χ2v) is 6.01. The van der Waals surface area contributed by atoms with E-state index in [9.17, 15) is 4.79 Å². The second kappa shape index (κ2) is 4.73. The fraction of sp³-hybridized carbons (Fsp3) is 0.545. The number of nitrogens with one attached hydrogen (secondary N) is 1. The van der Waals surface area contributed by atoms with Crippen molar-refractivity contribution in [3.8, 4) is 0 Å². The maximum atomic E-state index is 11.8. The molecule has 1 aromatic rings. The lowest BCUT2D eigenvalue weighted by Crippen LogP contribution is -2.36. The molecule has 88 valence electrons. The van der Waals surface area contributed by atoms with Crippen molar-refractivity contribution < 1.29 is 4.79 Å². The van der Waals surface area contributed by atoms with Crippen molar-refractivity contribution in [3.63, 3.8) is 0 Å². The molecule has 1 fully saturated rings. The number of hydrogen-bond donors (Lipinski definition) is 1. The molecule has 0 radical (unpaired) electrons. The Morgan fingerprint density at radius 3 is 2.88 bits per heavy atom. The van der Waals surface area contributed by atoms with Crippen molar-refractivity contribution in [2.75, 3.05) is 13.6 Å². The van der Waals surface area contributed by atoms with E-state index in [2.05, 4.69) is 24.2 Å². The standard InChI is InChI=1S/C11H15ClN2OS/c1-7-5-8(6-14(7)2)13-11(15)9-3-4-10(12)16-9/h3-4,7-8H,5-6H2,1-2H3,(H,13,15). The maximum Gasteiger partial charge on any atom is 0.261 e.